The van der Waals surface area contributed by atoms with E-state index in [4.69, 9.17) is 0 Å². The van der Waals surface area contributed by atoms with Crippen molar-refractivity contribution in [3.63, 3.8) is 0 Å². The summed E-state index contributed by atoms with van der Waals surface area (Å²) in [5.41, 5.74) is 3.77. The van der Waals surface area contributed by atoms with Gasteiger partial charge in [0.15, 0.2) is 0 Å². The highest BCUT2D eigenvalue weighted by Crippen LogP contribution is 2.43. The minimum absolute atomic E-state index is 0.0744. The van der Waals surface area contributed by atoms with Crippen LogP contribution in [0.4, 0.5) is 4.79 Å². The highest BCUT2D eigenvalue weighted by atomic mass is 16.4. The Bertz CT molecular complexity index is 573. The molecule has 3 rings (SSSR count). The molecule has 0 aromatic heterocycles. The fraction of sp³-hybridized carbons (Fsp3) is 0.611. The molecule has 0 bridgehead atoms. The number of benzene rings is 1. The van der Waals surface area contributed by atoms with E-state index in [0.29, 0.717) is 12.6 Å². The third kappa shape index (κ3) is 2.98. The largest absolute Gasteiger partial charge is 0.465 e. The zero-order valence-electron chi connectivity index (χ0n) is 13.7. The summed E-state index contributed by atoms with van der Waals surface area (Å²) in [4.78, 5) is 13.3. The van der Waals surface area contributed by atoms with Gasteiger partial charge < -0.3 is 15.3 Å². The molecule has 2 aliphatic rings. The molecular formula is C18H26N2O2. The molecule has 1 heterocycles. The quantitative estimate of drug-likeness (QED) is 0.897. The number of hydrogen-bond donors (Lipinski definition) is 2. The molecule has 1 unspecified atom stereocenters. The van der Waals surface area contributed by atoms with Gasteiger partial charge in [-0.15, -0.1) is 0 Å². The van der Waals surface area contributed by atoms with Crippen molar-refractivity contribution in [1.82, 2.24) is 10.2 Å². The number of carbonyl (C=O) groups is 1. The van der Waals surface area contributed by atoms with Gasteiger partial charge in [-0.2, -0.15) is 0 Å². The molecule has 120 valence electrons. The lowest BCUT2D eigenvalue weighted by molar-refractivity contribution is 0.0757. The summed E-state index contributed by atoms with van der Waals surface area (Å²) in [6, 6.07) is 6.99. The topological polar surface area (TPSA) is 52.6 Å². The van der Waals surface area contributed by atoms with Gasteiger partial charge in [0.25, 0.3) is 0 Å². The fourth-order valence-electron chi connectivity index (χ4n) is 3.59. The van der Waals surface area contributed by atoms with Gasteiger partial charge in [0.05, 0.1) is 6.04 Å². The number of nitrogens with zero attached hydrogens (tertiary/aromatic N) is 1. The van der Waals surface area contributed by atoms with E-state index in [9.17, 15) is 9.90 Å². The molecule has 1 aliphatic carbocycles. The Kier molecular flexibility index (Phi) is 3.89. The van der Waals surface area contributed by atoms with Gasteiger partial charge in [-0.3, -0.25) is 0 Å². The normalized spacial score (nSPS) is 21.6. The molecule has 1 aliphatic heterocycles. The first-order chi connectivity index (χ1) is 10.4. The summed E-state index contributed by atoms with van der Waals surface area (Å²) < 4.78 is 0. The minimum Gasteiger partial charge on any atom is -0.465 e. The second-order valence-corrected chi connectivity index (χ2v) is 7.63. The van der Waals surface area contributed by atoms with Crippen LogP contribution in [0.2, 0.25) is 0 Å². The van der Waals surface area contributed by atoms with E-state index >= 15 is 0 Å². The predicted molar refractivity (Wildman–Crippen MR) is 86.9 cm³/mol. The van der Waals surface area contributed by atoms with Crippen molar-refractivity contribution < 1.29 is 9.90 Å². The van der Waals surface area contributed by atoms with Crippen molar-refractivity contribution in [2.24, 2.45) is 5.41 Å². The SMILES string of the molecule is CC(C)(C)C1c2cccc(CNC3CC3)c2CCN1C(=O)O. The third-order valence-corrected chi connectivity index (χ3v) is 4.74. The van der Waals surface area contributed by atoms with Gasteiger partial charge in [-0.25, -0.2) is 4.79 Å². The van der Waals surface area contributed by atoms with Crippen molar-refractivity contribution in [1.29, 1.82) is 0 Å². The van der Waals surface area contributed by atoms with Gasteiger partial charge in [0.1, 0.15) is 0 Å². The molecule has 1 aromatic rings. The first-order valence-electron chi connectivity index (χ1n) is 8.21. The summed E-state index contributed by atoms with van der Waals surface area (Å²) in [6.45, 7) is 7.86. The van der Waals surface area contributed by atoms with Gasteiger partial charge in [0.2, 0.25) is 0 Å². The maximum Gasteiger partial charge on any atom is 0.407 e. The molecule has 1 aromatic carbocycles. The predicted octanol–water partition coefficient (Wildman–Crippen LogP) is 3.56. The molecule has 1 saturated carbocycles. The third-order valence-electron chi connectivity index (χ3n) is 4.74. The lowest BCUT2D eigenvalue weighted by atomic mass is 9.76. The van der Waals surface area contributed by atoms with Crippen molar-refractivity contribution in [3.05, 3.63) is 34.9 Å². The highest BCUT2D eigenvalue weighted by Gasteiger charge is 2.39. The first kappa shape index (κ1) is 15.3. The van der Waals surface area contributed by atoms with E-state index in [1.54, 1.807) is 4.90 Å². The monoisotopic (exact) mass is 302 g/mol. The Morgan fingerprint density at radius 3 is 2.68 bits per heavy atom. The average Bonchev–Trinajstić information content (AvgIpc) is 3.26. The van der Waals surface area contributed by atoms with Crippen molar-refractivity contribution in [3.8, 4) is 0 Å². The van der Waals surface area contributed by atoms with E-state index < -0.39 is 6.09 Å². The summed E-state index contributed by atoms with van der Waals surface area (Å²) in [7, 11) is 0. The number of rotatable bonds is 3. The molecule has 1 fully saturated rings. The van der Waals surface area contributed by atoms with Crippen LogP contribution in [0, 0.1) is 5.41 Å². The maximum atomic E-state index is 11.6. The van der Waals surface area contributed by atoms with Crippen LogP contribution in [0.5, 0.6) is 0 Å². The van der Waals surface area contributed by atoms with Gasteiger partial charge in [0, 0.05) is 19.1 Å². The zero-order chi connectivity index (χ0) is 15.9. The van der Waals surface area contributed by atoms with E-state index in [1.165, 1.54) is 29.5 Å². The van der Waals surface area contributed by atoms with Crippen LogP contribution in [0.25, 0.3) is 0 Å². The van der Waals surface area contributed by atoms with Crippen LogP contribution in [0.15, 0.2) is 18.2 Å². The zero-order valence-corrected chi connectivity index (χ0v) is 13.7. The molecule has 4 heteroatoms. The van der Waals surface area contributed by atoms with Crippen LogP contribution in [0.3, 0.4) is 0 Å². The Morgan fingerprint density at radius 2 is 2.09 bits per heavy atom. The van der Waals surface area contributed by atoms with Gasteiger partial charge in [-0.1, -0.05) is 39.0 Å². The maximum absolute atomic E-state index is 11.6. The molecule has 2 N–H and O–H groups in total. The standard InChI is InChI=1S/C18H26N2O2/c1-18(2,3)16-15-6-4-5-12(11-19-13-7-8-13)14(15)9-10-20(16)17(21)22/h4-6,13,16,19H,7-11H2,1-3H3,(H,21,22). The molecule has 1 amide bonds. The van der Waals surface area contributed by atoms with Crippen LogP contribution >= 0.6 is 0 Å². The fourth-order valence-corrected chi connectivity index (χ4v) is 3.59. The summed E-state index contributed by atoms with van der Waals surface area (Å²) in [6.07, 6.45) is 2.57. The Morgan fingerprint density at radius 1 is 1.36 bits per heavy atom. The second-order valence-electron chi connectivity index (χ2n) is 7.63. The Labute approximate surface area is 132 Å². The number of hydrogen-bond acceptors (Lipinski definition) is 2. The van der Waals surface area contributed by atoms with Crippen molar-refractivity contribution >= 4 is 6.09 Å². The van der Waals surface area contributed by atoms with Crippen LogP contribution in [0.1, 0.15) is 56.3 Å². The Hall–Kier alpha value is -1.55. The molecule has 0 radical (unpaired) electrons. The Balaban J connectivity index is 1.95. The van der Waals surface area contributed by atoms with Crippen molar-refractivity contribution in [2.75, 3.05) is 6.54 Å². The van der Waals surface area contributed by atoms with E-state index in [2.05, 4.69) is 44.3 Å². The van der Waals surface area contributed by atoms with E-state index in [-0.39, 0.29) is 11.5 Å². The van der Waals surface area contributed by atoms with Crippen LogP contribution in [-0.2, 0) is 13.0 Å². The number of amides is 1. The summed E-state index contributed by atoms with van der Waals surface area (Å²) in [5.74, 6) is 0. The lowest BCUT2D eigenvalue weighted by Gasteiger charge is -2.43. The molecule has 1 atom stereocenters. The summed E-state index contributed by atoms with van der Waals surface area (Å²) in [5, 5.41) is 13.1. The molecule has 4 nitrogen and oxygen atoms in total. The van der Waals surface area contributed by atoms with E-state index in [1.807, 2.05) is 0 Å². The van der Waals surface area contributed by atoms with Gasteiger partial charge in [-0.05, 0) is 41.4 Å². The van der Waals surface area contributed by atoms with Gasteiger partial charge >= 0.3 is 6.09 Å². The molecular weight excluding hydrogens is 276 g/mol. The first-order valence-corrected chi connectivity index (χ1v) is 8.21. The smallest absolute Gasteiger partial charge is 0.407 e. The van der Waals surface area contributed by atoms with Crippen molar-refractivity contribution in [2.45, 2.75) is 58.7 Å². The minimum atomic E-state index is -0.813. The number of nitrogens with one attached hydrogen (secondary N) is 1. The number of fused-ring (bicyclic) bond motifs is 1. The second kappa shape index (κ2) is 5.58. The van der Waals surface area contributed by atoms with Crippen LogP contribution in [-0.4, -0.2) is 28.7 Å². The van der Waals surface area contributed by atoms with Crippen LogP contribution < -0.4 is 5.32 Å². The highest BCUT2D eigenvalue weighted by molar-refractivity contribution is 5.67. The lowest BCUT2D eigenvalue weighted by Crippen LogP contribution is -2.45. The number of carboxylic acid groups (broad SMARTS) is 1. The molecule has 0 spiro atoms. The van der Waals surface area contributed by atoms with E-state index in [0.717, 1.165) is 13.0 Å². The molecule has 0 saturated heterocycles. The molecule has 22 heavy (non-hydrogen) atoms. The average molecular weight is 302 g/mol. The summed E-state index contributed by atoms with van der Waals surface area (Å²) >= 11 is 0.